The first-order chi connectivity index (χ1) is 9.56. The highest BCUT2D eigenvalue weighted by Crippen LogP contribution is 2.16. The average molecular weight is 277 g/mol. The first-order valence-corrected chi connectivity index (χ1v) is 7.45. The van der Waals surface area contributed by atoms with Crippen LogP contribution in [0.3, 0.4) is 0 Å². The van der Waals surface area contributed by atoms with Crippen molar-refractivity contribution in [2.24, 2.45) is 0 Å². The minimum Gasteiger partial charge on any atom is -0.469 e. The van der Waals surface area contributed by atoms with E-state index in [1.165, 1.54) is 18.2 Å². The number of benzene rings is 1. The molecule has 0 heterocycles. The van der Waals surface area contributed by atoms with Crippen LogP contribution < -0.4 is 5.32 Å². The second-order valence-electron chi connectivity index (χ2n) is 5.53. The zero-order chi connectivity index (χ0) is 15.0. The van der Waals surface area contributed by atoms with Crippen LogP contribution in [-0.2, 0) is 16.0 Å². The summed E-state index contributed by atoms with van der Waals surface area (Å²) in [6.45, 7) is 7.43. The van der Waals surface area contributed by atoms with Crippen LogP contribution in [0.4, 0.5) is 0 Å². The third-order valence-corrected chi connectivity index (χ3v) is 3.45. The van der Waals surface area contributed by atoms with Crippen molar-refractivity contribution in [1.82, 2.24) is 5.32 Å². The fourth-order valence-electron chi connectivity index (χ4n) is 2.17. The van der Waals surface area contributed by atoms with Crippen molar-refractivity contribution in [1.29, 1.82) is 0 Å². The molecular weight excluding hydrogens is 250 g/mol. The summed E-state index contributed by atoms with van der Waals surface area (Å²) in [4.78, 5) is 11.5. The van der Waals surface area contributed by atoms with Crippen molar-refractivity contribution >= 4 is 5.97 Å². The molecule has 0 aliphatic rings. The van der Waals surface area contributed by atoms with Crippen molar-refractivity contribution in [3.05, 3.63) is 35.4 Å². The zero-order valence-corrected chi connectivity index (χ0v) is 13.1. The van der Waals surface area contributed by atoms with E-state index >= 15 is 0 Å². The Kier molecular flexibility index (Phi) is 7.31. The van der Waals surface area contributed by atoms with Crippen molar-refractivity contribution in [2.75, 3.05) is 13.7 Å². The Morgan fingerprint density at radius 2 is 1.90 bits per heavy atom. The molecule has 0 bridgehead atoms. The van der Waals surface area contributed by atoms with Crippen LogP contribution in [0.1, 0.15) is 50.7 Å². The first-order valence-electron chi connectivity index (χ1n) is 7.45. The number of hydrogen-bond donors (Lipinski definition) is 1. The van der Waals surface area contributed by atoms with Crippen LogP contribution in [-0.4, -0.2) is 25.7 Å². The Morgan fingerprint density at radius 1 is 1.25 bits per heavy atom. The average Bonchev–Trinajstić information content (AvgIpc) is 2.45. The fourth-order valence-corrected chi connectivity index (χ4v) is 2.17. The van der Waals surface area contributed by atoms with Gasteiger partial charge in [0.2, 0.25) is 0 Å². The van der Waals surface area contributed by atoms with E-state index in [9.17, 15) is 4.79 Å². The van der Waals surface area contributed by atoms with E-state index in [0.29, 0.717) is 12.3 Å². The van der Waals surface area contributed by atoms with Gasteiger partial charge >= 0.3 is 5.97 Å². The smallest absolute Gasteiger partial charge is 0.307 e. The van der Waals surface area contributed by atoms with E-state index in [0.717, 1.165) is 19.4 Å². The number of rotatable bonds is 8. The van der Waals surface area contributed by atoms with Crippen LogP contribution in [0, 0.1) is 0 Å². The molecule has 0 radical (unpaired) electrons. The molecule has 0 amide bonds. The number of nitrogens with one attached hydrogen (secondary N) is 1. The molecule has 1 rings (SSSR count). The van der Waals surface area contributed by atoms with Gasteiger partial charge in [0.05, 0.1) is 13.5 Å². The summed E-state index contributed by atoms with van der Waals surface area (Å²) in [5.74, 6) is 0.394. The number of carbonyl (C=O) groups is 1. The van der Waals surface area contributed by atoms with E-state index in [2.05, 4.69) is 50.4 Å². The standard InChI is InChI=1S/C17H27NO2/c1-5-10-18-16(12-17(19)20-4)11-14-6-8-15(9-7-14)13(2)3/h6-9,13,16,18H,5,10-12H2,1-4H3. The number of carbonyl (C=O) groups excluding carboxylic acids is 1. The molecule has 1 N–H and O–H groups in total. The highest BCUT2D eigenvalue weighted by Gasteiger charge is 2.14. The predicted octanol–water partition coefficient (Wildman–Crippen LogP) is 3.28. The van der Waals surface area contributed by atoms with E-state index in [1.807, 2.05) is 0 Å². The summed E-state index contributed by atoms with van der Waals surface area (Å²) in [6, 6.07) is 8.82. The third kappa shape index (κ3) is 5.74. The van der Waals surface area contributed by atoms with Crippen LogP contribution in [0.25, 0.3) is 0 Å². The number of methoxy groups -OCH3 is 1. The van der Waals surface area contributed by atoms with Gasteiger partial charge in [-0.2, -0.15) is 0 Å². The highest BCUT2D eigenvalue weighted by molar-refractivity contribution is 5.70. The molecule has 0 aromatic heterocycles. The highest BCUT2D eigenvalue weighted by atomic mass is 16.5. The van der Waals surface area contributed by atoms with Gasteiger partial charge in [0.15, 0.2) is 0 Å². The maximum absolute atomic E-state index is 11.5. The molecule has 0 saturated heterocycles. The molecule has 0 spiro atoms. The minimum atomic E-state index is -0.155. The Labute approximate surface area is 122 Å². The lowest BCUT2D eigenvalue weighted by Gasteiger charge is -2.18. The van der Waals surface area contributed by atoms with Gasteiger partial charge in [-0.1, -0.05) is 45.0 Å². The topological polar surface area (TPSA) is 38.3 Å². The van der Waals surface area contributed by atoms with Crippen LogP contribution >= 0.6 is 0 Å². The van der Waals surface area contributed by atoms with E-state index < -0.39 is 0 Å². The van der Waals surface area contributed by atoms with Gasteiger partial charge < -0.3 is 10.1 Å². The van der Waals surface area contributed by atoms with Gasteiger partial charge in [0, 0.05) is 6.04 Å². The van der Waals surface area contributed by atoms with E-state index in [1.54, 1.807) is 0 Å². The van der Waals surface area contributed by atoms with Crippen molar-refractivity contribution < 1.29 is 9.53 Å². The molecular formula is C17H27NO2. The SMILES string of the molecule is CCCNC(CC(=O)OC)Cc1ccc(C(C)C)cc1. The van der Waals surface area contributed by atoms with Crippen molar-refractivity contribution in [2.45, 2.75) is 52.0 Å². The third-order valence-electron chi connectivity index (χ3n) is 3.45. The lowest BCUT2D eigenvalue weighted by molar-refractivity contribution is -0.141. The summed E-state index contributed by atoms with van der Waals surface area (Å²) in [6.07, 6.45) is 2.33. The van der Waals surface area contributed by atoms with Crippen molar-refractivity contribution in [3.8, 4) is 0 Å². The summed E-state index contributed by atoms with van der Waals surface area (Å²) >= 11 is 0. The van der Waals surface area contributed by atoms with Gasteiger partial charge in [-0.05, 0) is 36.4 Å². The van der Waals surface area contributed by atoms with Gasteiger partial charge in [-0.25, -0.2) is 0 Å². The van der Waals surface area contributed by atoms with Gasteiger partial charge in [0.1, 0.15) is 0 Å². The Morgan fingerprint density at radius 3 is 2.40 bits per heavy atom. The number of ether oxygens (including phenoxy) is 1. The summed E-state index contributed by atoms with van der Waals surface area (Å²) in [5.41, 5.74) is 2.60. The molecule has 0 saturated carbocycles. The molecule has 3 heteroatoms. The summed E-state index contributed by atoms with van der Waals surface area (Å²) in [7, 11) is 1.44. The van der Waals surface area contributed by atoms with Gasteiger partial charge in [-0.15, -0.1) is 0 Å². The zero-order valence-electron chi connectivity index (χ0n) is 13.1. The molecule has 1 unspecified atom stereocenters. The van der Waals surface area contributed by atoms with Crippen LogP contribution in [0.5, 0.6) is 0 Å². The van der Waals surface area contributed by atoms with E-state index in [4.69, 9.17) is 4.74 Å². The second kappa shape index (κ2) is 8.75. The largest absolute Gasteiger partial charge is 0.469 e. The molecule has 1 aromatic carbocycles. The molecule has 1 atom stereocenters. The maximum atomic E-state index is 11.5. The lowest BCUT2D eigenvalue weighted by atomic mass is 9.98. The summed E-state index contributed by atoms with van der Waals surface area (Å²) in [5, 5.41) is 3.42. The number of hydrogen-bond acceptors (Lipinski definition) is 3. The monoisotopic (exact) mass is 277 g/mol. The molecule has 0 aliphatic carbocycles. The Balaban J connectivity index is 2.65. The van der Waals surface area contributed by atoms with Gasteiger partial charge in [0.25, 0.3) is 0 Å². The second-order valence-corrected chi connectivity index (χ2v) is 5.53. The quantitative estimate of drug-likeness (QED) is 0.741. The van der Waals surface area contributed by atoms with Crippen LogP contribution in [0.2, 0.25) is 0 Å². The number of esters is 1. The maximum Gasteiger partial charge on any atom is 0.307 e. The summed E-state index contributed by atoms with van der Waals surface area (Å²) < 4.78 is 4.77. The first kappa shape index (κ1) is 16.7. The Hall–Kier alpha value is -1.35. The normalized spacial score (nSPS) is 12.4. The lowest BCUT2D eigenvalue weighted by Crippen LogP contribution is -2.34. The molecule has 0 fully saturated rings. The van der Waals surface area contributed by atoms with Crippen LogP contribution in [0.15, 0.2) is 24.3 Å². The minimum absolute atomic E-state index is 0.146. The Bertz CT molecular complexity index is 398. The van der Waals surface area contributed by atoms with E-state index in [-0.39, 0.29) is 12.0 Å². The molecule has 20 heavy (non-hydrogen) atoms. The predicted molar refractivity (Wildman–Crippen MR) is 82.9 cm³/mol. The molecule has 1 aromatic rings. The fraction of sp³-hybridized carbons (Fsp3) is 0.588. The van der Waals surface area contributed by atoms with Gasteiger partial charge in [-0.3, -0.25) is 4.79 Å². The molecule has 3 nitrogen and oxygen atoms in total. The molecule has 0 aliphatic heterocycles. The molecule has 112 valence electrons. The van der Waals surface area contributed by atoms with Crippen molar-refractivity contribution in [3.63, 3.8) is 0 Å².